The van der Waals surface area contributed by atoms with Gasteiger partial charge in [0.2, 0.25) is 5.82 Å². The number of carbonyl (C=O) groups excluding carboxylic acids is 3. The van der Waals surface area contributed by atoms with E-state index in [1.165, 1.54) is 10.9 Å². The molecule has 0 unspecified atom stereocenters. The molecule has 0 saturated carbocycles. The molecule has 56 heavy (non-hydrogen) atoms. The third-order valence-corrected chi connectivity index (χ3v) is 9.62. The first-order chi connectivity index (χ1) is 27.2. The van der Waals surface area contributed by atoms with Crippen LogP contribution >= 0.6 is 23.2 Å². The minimum absolute atomic E-state index is 0.129. The van der Waals surface area contributed by atoms with Crippen LogP contribution < -0.4 is 10.6 Å². The van der Waals surface area contributed by atoms with Gasteiger partial charge in [-0.1, -0.05) is 83.9 Å². The molecule has 1 saturated heterocycles. The van der Waals surface area contributed by atoms with Gasteiger partial charge in [-0.15, -0.1) is 0 Å². The molecule has 6 aromatic rings. The van der Waals surface area contributed by atoms with E-state index in [2.05, 4.69) is 25.6 Å². The van der Waals surface area contributed by atoms with E-state index in [9.17, 15) is 19.6 Å². The molecular formula is C41H33Cl2N7O6. The van der Waals surface area contributed by atoms with Crippen LogP contribution in [-0.4, -0.2) is 68.8 Å². The van der Waals surface area contributed by atoms with Gasteiger partial charge in [0, 0.05) is 29.1 Å². The Kier molecular flexibility index (Phi) is 11.5. The number of nitrogens with zero attached hydrogens (tertiary/aromatic N) is 5. The van der Waals surface area contributed by atoms with Crippen LogP contribution in [-0.2, 0) is 19.0 Å². The molecule has 1 fully saturated rings. The monoisotopic (exact) mass is 789 g/mol. The average molecular weight is 791 g/mol. The quantitative estimate of drug-likeness (QED) is 0.126. The lowest BCUT2D eigenvalue weighted by Crippen LogP contribution is -2.46. The summed E-state index contributed by atoms with van der Waals surface area (Å²) in [4.78, 5) is 54.2. The van der Waals surface area contributed by atoms with Crippen molar-refractivity contribution in [3.8, 4) is 6.07 Å². The summed E-state index contributed by atoms with van der Waals surface area (Å²) in [6.45, 7) is 2.28. The van der Waals surface area contributed by atoms with Gasteiger partial charge in [0.15, 0.2) is 41.5 Å². The Bertz CT molecular complexity index is 2340. The molecule has 1 aliphatic heterocycles. The van der Waals surface area contributed by atoms with E-state index < -0.39 is 42.4 Å². The van der Waals surface area contributed by atoms with Gasteiger partial charge in [-0.05, 0) is 66.6 Å². The van der Waals surface area contributed by atoms with Crippen molar-refractivity contribution in [2.45, 2.75) is 37.4 Å². The predicted molar refractivity (Wildman–Crippen MR) is 207 cm³/mol. The number of ether oxygens (including phenoxy) is 3. The zero-order valence-corrected chi connectivity index (χ0v) is 31.2. The van der Waals surface area contributed by atoms with Crippen LogP contribution in [0.3, 0.4) is 0 Å². The Morgan fingerprint density at radius 1 is 0.821 bits per heavy atom. The van der Waals surface area contributed by atoms with Gasteiger partial charge in [0.05, 0.1) is 17.5 Å². The number of nitriles is 1. The van der Waals surface area contributed by atoms with E-state index in [1.54, 1.807) is 91.9 Å². The second-order valence-electron chi connectivity index (χ2n) is 12.7. The molecule has 0 bridgehead atoms. The molecule has 0 radical (unpaired) electrons. The Balaban J connectivity index is 1.28. The largest absolute Gasteiger partial charge is 0.451 e. The third kappa shape index (κ3) is 8.18. The maximum absolute atomic E-state index is 13.6. The second kappa shape index (κ2) is 17.0. The lowest BCUT2D eigenvalue weighted by atomic mass is 9.91. The van der Waals surface area contributed by atoms with Gasteiger partial charge in [-0.3, -0.25) is 9.36 Å². The summed E-state index contributed by atoms with van der Waals surface area (Å²) < 4.78 is 19.8. The summed E-state index contributed by atoms with van der Waals surface area (Å²) >= 11 is 12.4. The van der Waals surface area contributed by atoms with E-state index >= 15 is 0 Å². The molecule has 4 aromatic carbocycles. The van der Waals surface area contributed by atoms with Gasteiger partial charge in [0.25, 0.3) is 5.91 Å². The Hall–Kier alpha value is -6.33. The number of rotatable bonds is 12. The van der Waals surface area contributed by atoms with Crippen molar-refractivity contribution in [2.75, 3.05) is 18.4 Å². The van der Waals surface area contributed by atoms with Crippen LogP contribution in [0, 0.1) is 11.3 Å². The topological polar surface area (TPSA) is 170 Å². The number of anilines is 1. The number of hydrogen-bond donors (Lipinski definition) is 2. The van der Waals surface area contributed by atoms with Crippen molar-refractivity contribution < 1.29 is 28.6 Å². The van der Waals surface area contributed by atoms with Crippen molar-refractivity contribution in [2.24, 2.45) is 0 Å². The van der Waals surface area contributed by atoms with E-state index in [0.29, 0.717) is 16.6 Å². The number of amides is 1. The smallest absolute Gasteiger partial charge is 0.338 e. The fourth-order valence-corrected chi connectivity index (χ4v) is 6.68. The van der Waals surface area contributed by atoms with Crippen molar-refractivity contribution >= 4 is 58.0 Å². The van der Waals surface area contributed by atoms with Gasteiger partial charge in [-0.25, -0.2) is 14.6 Å². The molecule has 0 aliphatic carbocycles. The van der Waals surface area contributed by atoms with E-state index in [1.807, 2.05) is 30.3 Å². The van der Waals surface area contributed by atoms with E-state index in [4.69, 9.17) is 37.4 Å². The van der Waals surface area contributed by atoms with Crippen molar-refractivity contribution in [1.29, 1.82) is 5.26 Å². The fraction of sp³-hybridized carbons (Fsp3) is 0.195. The molecule has 4 atom stereocenters. The van der Waals surface area contributed by atoms with Crippen LogP contribution in [0.1, 0.15) is 56.7 Å². The van der Waals surface area contributed by atoms with Crippen LogP contribution in [0.15, 0.2) is 116 Å². The lowest BCUT2D eigenvalue weighted by Gasteiger charge is -2.24. The van der Waals surface area contributed by atoms with Gasteiger partial charge in [0.1, 0.15) is 6.07 Å². The predicted octanol–water partition coefficient (Wildman–Crippen LogP) is 6.73. The Labute approximate surface area is 331 Å². The molecule has 0 spiro atoms. The van der Waals surface area contributed by atoms with Crippen LogP contribution in [0.25, 0.3) is 11.2 Å². The number of aromatic nitrogens is 4. The number of carbonyl (C=O) groups is 3. The number of halogens is 2. The van der Waals surface area contributed by atoms with Crippen LogP contribution in [0.2, 0.25) is 10.0 Å². The van der Waals surface area contributed by atoms with Gasteiger partial charge < -0.3 is 24.8 Å². The first-order valence-electron chi connectivity index (χ1n) is 17.6. The number of benzene rings is 4. The number of esters is 2. The Morgan fingerprint density at radius 3 is 1.91 bits per heavy atom. The highest BCUT2D eigenvalue weighted by Gasteiger charge is 2.54. The standard InChI is InChI=1S/C41H33Cl2N7O6/c1-2-45-38(51)34-33(55-40(52)26-9-5-3-6-10-26)35(56-41(53)27-11-7-4-8-12-27)39(54-34)50-23-47-32-36(48-31(21-44)49-37(32)50)46-22-30(24-13-17-28(42)18-14-24)25-15-19-29(43)20-16-25/h3-20,23,30,33-35,39H,2,22H2,1H3,(H,45,51)(H,46,48,49)/t33-,34+,35-,39-/m1/s1. The van der Waals surface area contributed by atoms with E-state index in [0.717, 1.165) is 11.1 Å². The lowest BCUT2D eigenvalue weighted by molar-refractivity contribution is -0.137. The summed E-state index contributed by atoms with van der Waals surface area (Å²) in [6, 6.07) is 33.3. The third-order valence-electron chi connectivity index (χ3n) is 9.12. The molecular weight excluding hydrogens is 757 g/mol. The highest BCUT2D eigenvalue weighted by atomic mass is 35.5. The maximum atomic E-state index is 13.6. The summed E-state index contributed by atoms with van der Waals surface area (Å²) in [7, 11) is 0. The molecule has 2 N–H and O–H groups in total. The first-order valence-corrected chi connectivity index (χ1v) is 18.3. The van der Waals surface area contributed by atoms with Gasteiger partial charge in [-0.2, -0.15) is 15.2 Å². The maximum Gasteiger partial charge on any atom is 0.338 e. The summed E-state index contributed by atoms with van der Waals surface area (Å²) in [5.41, 5.74) is 2.72. The molecule has 1 amide bonds. The zero-order valence-electron chi connectivity index (χ0n) is 29.7. The van der Waals surface area contributed by atoms with E-state index in [-0.39, 0.29) is 46.4 Å². The molecule has 1 aliphatic rings. The fourth-order valence-electron chi connectivity index (χ4n) is 6.43. The number of nitrogens with one attached hydrogen (secondary N) is 2. The van der Waals surface area contributed by atoms with Crippen LogP contribution in [0.4, 0.5) is 5.82 Å². The average Bonchev–Trinajstić information content (AvgIpc) is 3.80. The van der Waals surface area contributed by atoms with Gasteiger partial charge >= 0.3 is 11.9 Å². The van der Waals surface area contributed by atoms with Crippen molar-refractivity contribution in [1.82, 2.24) is 24.8 Å². The minimum Gasteiger partial charge on any atom is -0.451 e. The first kappa shape index (κ1) is 38.0. The number of hydrogen-bond acceptors (Lipinski definition) is 11. The molecule has 13 nitrogen and oxygen atoms in total. The molecule has 7 rings (SSSR count). The van der Waals surface area contributed by atoms with Crippen molar-refractivity contribution in [3.05, 3.63) is 154 Å². The molecule has 282 valence electrons. The SMILES string of the molecule is CCNC(=O)[C@H]1O[C@@H](n2cnc3c(NCC(c4ccc(Cl)cc4)c4ccc(Cl)cc4)nc(C#N)nc32)[C@H](OC(=O)c2ccccc2)[C@@H]1OC(=O)c1ccccc1. The highest BCUT2D eigenvalue weighted by molar-refractivity contribution is 6.30. The minimum atomic E-state index is -1.42. The zero-order chi connectivity index (χ0) is 39.2. The summed E-state index contributed by atoms with van der Waals surface area (Å²) in [6.07, 6.45) is -4.16. The highest BCUT2D eigenvalue weighted by Crippen LogP contribution is 2.38. The molecule has 3 heterocycles. The molecule has 15 heteroatoms. The number of imidazole rings is 1. The number of likely N-dealkylation sites (N-methyl/N-ethyl adjacent to an activating group) is 1. The van der Waals surface area contributed by atoms with Crippen LogP contribution in [0.5, 0.6) is 0 Å². The van der Waals surface area contributed by atoms with Crippen molar-refractivity contribution in [3.63, 3.8) is 0 Å². The number of fused-ring (bicyclic) bond motifs is 1. The summed E-state index contributed by atoms with van der Waals surface area (Å²) in [5, 5.41) is 17.3. The Morgan fingerprint density at radius 2 is 1.38 bits per heavy atom. The normalized spacial score (nSPS) is 17.6. The molecule has 2 aromatic heterocycles. The second-order valence-corrected chi connectivity index (χ2v) is 13.6. The summed E-state index contributed by atoms with van der Waals surface area (Å²) in [5.74, 6) is -2.28.